The fraction of sp³-hybridized carbons (Fsp3) is 0.588. The van der Waals surface area contributed by atoms with E-state index in [1.54, 1.807) is 14.2 Å². The number of carbonyl (C=O) groups excluding carboxylic acids is 1. The minimum absolute atomic E-state index is 0.0572. The van der Waals surface area contributed by atoms with Crippen LogP contribution in [0.3, 0.4) is 0 Å². The molecule has 0 radical (unpaired) electrons. The van der Waals surface area contributed by atoms with E-state index in [4.69, 9.17) is 9.47 Å². The summed E-state index contributed by atoms with van der Waals surface area (Å²) in [7, 11) is 3.40. The van der Waals surface area contributed by atoms with Gasteiger partial charge in [-0.3, -0.25) is 9.69 Å². The van der Waals surface area contributed by atoms with Crippen molar-refractivity contribution in [2.24, 2.45) is 0 Å². The lowest BCUT2D eigenvalue weighted by molar-refractivity contribution is -0.127. The van der Waals surface area contributed by atoms with Crippen LogP contribution >= 0.6 is 0 Å². The van der Waals surface area contributed by atoms with Crippen molar-refractivity contribution in [1.82, 2.24) is 10.2 Å². The molecule has 1 amide bonds. The van der Waals surface area contributed by atoms with Gasteiger partial charge in [0.1, 0.15) is 5.75 Å². The molecule has 0 aliphatic carbocycles. The predicted molar refractivity (Wildman–Crippen MR) is 85.9 cm³/mol. The van der Waals surface area contributed by atoms with Gasteiger partial charge in [-0.05, 0) is 25.8 Å². The summed E-state index contributed by atoms with van der Waals surface area (Å²) in [5.74, 6) is 0.859. The maximum absolute atomic E-state index is 12.3. The second-order valence-corrected chi connectivity index (χ2v) is 5.68. The van der Waals surface area contributed by atoms with Crippen molar-refractivity contribution in [2.75, 3.05) is 27.3 Å². The summed E-state index contributed by atoms with van der Waals surface area (Å²) in [5.41, 5.74) is 0.989. The summed E-state index contributed by atoms with van der Waals surface area (Å²) < 4.78 is 10.7. The van der Waals surface area contributed by atoms with Crippen molar-refractivity contribution < 1.29 is 14.3 Å². The van der Waals surface area contributed by atoms with Gasteiger partial charge in [0.05, 0.1) is 19.3 Å². The quantitative estimate of drug-likeness (QED) is 0.871. The number of hydrogen-bond donors (Lipinski definition) is 1. The van der Waals surface area contributed by atoms with Crippen LogP contribution in [0.1, 0.15) is 25.3 Å². The molecule has 5 heteroatoms. The van der Waals surface area contributed by atoms with Crippen LogP contribution in [0.25, 0.3) is 0 Å². The molecule has 122 valence electrons. The minimum atomic E-state index is -0.118. The summed E-state index contributed by atoms with van der Waals surface area (Å²) in [4.78, 5) is 14.6. The molecule has 0 saturated carbocycles. The van der Waals surface area contributed by atoms with Crippen LogP contribution in [0, 0.1) is 0 Å². The minimum Gasteiger partial charge on any atom is -0.496 e. The molecule has 1 atom stereocenters. The van der Waals surface area contributed by atoms with E-state index in [9.17, 15) is 4.79 Å². The van der Waals surface area contributed by atoms with Gasteiger partial charge in [-0.2, -0.15) is 0 Å². The largest absolute Gasteiger partial charge is 0.496 e. The average molecular weight is 306 g/mol. The number of rotatable bonds is 6. The summed E-state index contributed by atoms with van der Waals surface area (Å²) in [6, 6.07) is 7.62. The normalized spacial score (nSPS) is 18.0. The summed E-state index contributed by atoms with van der Waals surface area (Å²) in [6.07, 6.45) is 2.31. The van der Waals surface area contributed by atoms with E-state index in [0.717, 1.165) is 37.2 Å². The highest BCUT2D eigenvalue weighted by Gasteiger charge is 2.26. The molecule has 1 aliphatic rings. The van der Waals surface area contributed by atoms with Crippen LogP contribution < -0.4 is 10.1 Å². The van der Waals surface area contributed by atoms with Crippen LogP contribution in [0.4, 0.5) is 0 Å². The molecule has 1 unspecified atom stereocenters. The molecule has 2 rings (SSSR count). The molecule has 1 aromatic carbocycles. The van der Waals surface area contributed by atoms with Gasteiger partial charge in [0.15, 0.2) is 0 Å². The van der Waals surface area contributed by atoms with E-state index in [1.165, 1.54) is 0 Å². The van der Waals surface area contributed by atoms with Crippen molar-refractivity contribution >= 4 is 5.91 Å². The van der Waals surface area contributed by atoms with E-state index in [1.807, 2.05) is 31.2 Å². The first kappa shape index (κ1) is 16.8. The summed E-state index contributed by atoms with van der Waals surface area (Å²) >= 11 is 0. The molecule has 1 fully saturated rings. The maximum Gasteiger partial charge on any atom is 0.237 e. The monoisotopic (exact) mass is 306 g/mol. The fourth-order valence-electron chi connectivity index (χ4n) is 2.84. The third kappa shape index (κ3) is 4.21. The van der Waals surface area contributed by atoms with Gasteiger partial charge >= 0.3 is 0 Å². The highest BCUT2D eigenvalue weighted by atomic mass is 16.5. The first-order chi connectivity index (χ1) is 10.7. The number of piperidine rings is 1. The van der Waals surface area contributed by atoms with Crippen LogP contribution in [-0.2, 0) is 16.1 Å². The highest BCUT2D eigenvalue weighted by Crippen LogP contribution is 2.18. The molecule has 1 aliphatic heterocycles. The third-order valence-electron chi connectivity index (χ3n) is 4.38. The van der Waals surface area contributed by atoms with Crippen LogP contribution in [-0.4, -0.2) is 50.3 Å². The van der Waals surface area contributed by atoms with Gasteiger partial charge in [0.25, 0.3) is 0 Å². The SMILES string of the molecule is COc1ccccc1CNC(=O)C(C)N1CCC(OC)CC1. The Morgan fingerprint density at radius 3 is 2.64 bits per heavy atom. The maximum atomic E-state index is 12.3. The first-order valence-corrected chi connectivity index (χ1v) is 7.82. The number of benzene rings is 1. The van der Waals surface area contributed by atoms with Crippen molar-refractivity contribution in [3.05, 3.63) is 29.8 Å². The number of nitrogens with zero attached hydrogens (tertiary/aromatic N) is 1. The topological polar surface area (TPSA) is 50.8 Å². The lowest BCUT2D eigenvalue weighted by atomic mass is 10.1. The van der Waals surface area contributed by atoms with Crippen LogP contribution in [0.15, 0.2) is 24.3 Å². The second kappa shape index (κ2) is 8.15. The Morgan fingerprint density at radius 2 is 2.00 bits per heavy atom. The smallest absolute Gasteiger partial charge is 0.237 e. The summed E-state index contributed by atoms with van der Waals surface area (Å²) in [5, 5.41) is 3.00. The standard InChI is InChI=1S/C17H26N2O3/c1-13(19-10-8-15(21-2)9-11-19)17(20)18-12-14-6-4-5-7-16(14)22-3/h4-7,13,15H,8-12H2,1-3H3,(H,18,20). The fourth-order valence-corrected chi connectivity index (χ4v) is 2.84. The lowest BCUT2D eigenvalue weighted by Gasteiger charge is -2.34. The number of para-hydroxylation sites is 1. The van der Waals surface area contributed by atoms with Crippen molar-refractivity contribution in [2.45, 2.75) is 38.5 Å². The Kier molecular flexibility index (Phi) is 6.21. The molecule has 0 bridgehead atoms. The van der Waals surface area contributed by atoms with Crippen molar-refractivity contribution in [3.63, 3.8) is 0 Å². The second-order valence-electron chi connectivity index (χ2n) is 5.68. The third-order valence-corrected chi connectivity index (χ3v) is 4.38. The molecule has 5 nitrogen and oxygen atoms in total. The Hall–Kier alpha value is -1.59. The lowest BCUT2D eigenvalue weighted by Crippen LogP contribution is -2.49. The molecule has 1 heterocycles. The Labute approximate surface area is 132 Å². The van der Waals surface area contributed by atoms with Crippen LogP contribution in [0.5, 0.6) is 5.75 Å². The highest BCUT2D eigenvalue weighted by molar-refractivity contribution is 5.81. The number of nitrogens with one attached hydrogen (secondary N) is 1. The van der Waals surface area contributed by atoms with Crippen molar-refractivity contribution in [3.8, 4) is 5.75 Å². The van der Waals surface area contributed by atoms with Gasteiger partial charge in [-0.1, -0.05) is 18.2 Å². The number of hydrogen-bond acceptors (Lipinski definition) is 4. The zero-order chi connectivity index (χ0) is 15.9. The molecular weight excluding hydrogens is 280 g/mol. The summed E-state index contributed by atoms with van der Waals surface area (Å²) in [6.45, 7) is 4.26. The number of amides is 1. The average Bonchev–Trinajstić information content (AvgIpc) is 2.59. The van der Waals surface area contributed by atoms with E-state index >= 15 is 0 Å². The zero-order valence-electron chi connectivity index (χ0n) is 13.7. The Balaban J connectivity index is 1.84. The first-order valence-electron chi connectivity index (χ1n) is 7.82. The van der Waals surface area contributed by atoms with Crippen molar-refractivity contribution in [1.29, 1.82) is 0 Å². The molecule has 22 heavy (non-hydrogen) atoms. The molecule has 0 aromatic heterocycles. The van der Waals surface area contributed by atoms with Gasteiger partial charge in [0.2, 0.25) is 5.91 Å². The predicted octanol–water partition coefficient (Wildman–Crippen LogP) is 1.81. The number of methoxy groups -OCH3 is 2. The van der Waals surface area contributed by atoms with E-state index < -0.39 is 0 Å². The van der Waals surface area contributed by atoms with Gasteiger partial charge in [-0.15, -0.1) is 0 Å². The van der Waals surface area contributed by atoms with Gasteiger partial charge in [0, 0.05) is 32.3 Å². The number of ether oxygens (including phenoxy) is 2. The molecular formula is C17H26N2O3. The van der Waals surface area contributed by atoms with Crippen LogP contribution in [0.2, 0.25) is 0 Å². The van der Waals surface area contributed by atoms with Gasteiger partial charge in [-0.25, -0.2) is 0 Å². The molecule has 1 aromatic rings. The Bertz CT molecular complexity index is 485. The van der Waals surface area contributed by atoms with E-state index in [0.29, 0.717) is 12.6 Å². The molecule has 1 saturated heterocycles. The molecule has 0 spiro atoms. The Morgan fingerprint density at radius 1 is 1.32 bits per heavy atom. The molecule has 1 N–H and O–H groups in total. The van der Waals surface area contributed by atoms with E-state index in [-0.39, 0.29) is 11.9 Å². The van der Waals surface area contributed by atoms with E-state index in [2.05, 4.69) is 10.2 Å². The zero-order valence-corrected chi connectivity index (χ0v) is 13.7. The van der Waals surface area contributed by atoms with Gasteiger partial charge < -0.3 is 14.8 Å². The number of likely N-dealkylation sites (tertiary alicyclic amines) is 1. The number of carbonyl (C=O) groups is 1.